The molecule has 0 bridgehead atoms. The van der Waals surface area contributed by atoms with Crippen molar-refractivity contribution in [3.63, 3.8) is 0 Å². The molecule has 0 unspecified atom stereocenters. The summed E-state index contributed by atoms with van der Waals surface area (Å²) < 4.78 is 27.6. The zero-order valence-electron chi connectivity index (χ0n) is 17.0. The zero-order valence-corrected chi connectivity index (χ0v) is 17.8. The van der Waals surface area contributed by atoms with Crippen molar-refractivity contribution < 1.29 is 18.0 Å². The number of anilines is 2. The van der Waals surface area contributed by atoms with Crippen molar-refractivity contribution >= 4 is 33.2 Å². The van der Waals surface area contributed by atoms with E-state index in [0.29, 0.717) is 23.4 Å². The number of rotatable bonds is 8. The minimum atomic E-state index is -3.69. The van der Waals surface area contributed by atoms with Crippen LogP contribution in [0.25, 0.3) is 0 Å². The Morgan fingerprint density at radius 2 is 1.42 bits per heavy atom. The second kappa shape index (κ2) is 9.44. The van der Waals surface area contributed by atoms with Gasteiger partial charge in [-0.15, -0.1) is 0 Å². The van der Waals surface area contributed by atoms with Crippen molar-refractivity contribution in [1.29, 1.82) is 0 Å². The van der Waals surface area contributed by atoms with Crippen LogP contribution in [0.2, 0.25) is 0 Å². The number of nitrogens with two attached hydrogens (primary N) is 1. The van der Waals surface area contributed by atoms with Gasteiger partial charge in [-0.3, -0.25) is 14.3 Å². The molecule has 7 nitrogen and oxygen atoms in total. The Morgan fingerprint density at radius 3 is 2.00 bits per heavy atom. The van der Waals surface area contributed by atoms with Gasteiger partial charge in [0.15, 0.2) is 0 Å². The molecule has 0 fully saturated rings. The summed E-state index contributed by atoms with van der Waals surface area (Å²) in [6, 6.07) is 19.8. The molecule has 0 aliphatic carbocycles. The first-order valence-corrected chi connectivity index (χ1v) is 11.1. The Morgan fingerprint density at radius 1 is 0.839 bits per heavy atom. The average Bonchev–Trinajstić information content (AvgIpc) is 2.74. The molecule has 0 spiro atoms. The standard InChI is InChI=1S/C23H23N3O4S/c1-16-2-9-20(10-3-16)26-31(29,30)21-13-4-17(5-14-21)6-15-22(27)25-19-11-7-18(8-12-19)23(24)28/h2-5,7-14,26H,6,15H2,1H3,(H2,24,28)(H,25,27). The molecule has 160 valence electrons. The first-order valence-electron chi connectivity index (χ1n) is 9.61. The topological polar surface area (TPSA) is 118 Å². The lowest BCUT2D eigenvalue weighted by Gasteiger charge is -2.09. The van der Waals surface area contributed by atoms with Crippen molar-refractivity contribution in [2.45, 2.75) is 24.7 Å². The number of amides is 2. The molecule has 0 heterocycles. The highest BCUT2D eigenvalue weighted by molar-refractivity contribution is 7.92. The molecule has 31 heavy (non-hydrogen) atoms. The van der Waals surface area contributed by atoms with Crippen molar-refractivity contribution in [3.8, 4) is 0 Å². The van der Waals surface area contributed by atoms with Crippen molar-refractivity contribution in [1.82, 2.24) is 0 Å². The molecule has 0 saturated carbocycles. The molecule has 8 heteroatoms. The van der Waals surface area contributed by atoms with Gasteiger partial charge in [-0.25, -0.2) is 8.42 Å². The van der Waals surface area contributed by atoms with Crippen LogP contribution >= 0.6 is 0 Å². The van der Waals surface area contributed by atoms with Crippen LogP contribution in [0.1, 0.15) is 27.9 Å². The summed E-state index contributed by atoms with van der Waals surface area (Å²) in [7, 11) is -3.69. The summed E-state index contributed by atoms with van der Waals surface area (Å²) in [4.78, 5) is 23.4. The molecule has 0 atom stereocenters. The maximum absolute atomic E-state index is 12.5. The molecule has 2 amide bonds. The molecule has 3 aromatic carbocycles. The highest BCUT2D eigenvalue weighted by Crippen LogP contribution is 2.18. The summed E-state index contributed by atoms with van der Waals surface area (Å²) in [5.41, 5.74) is 8.50. The van der Waals surface area contributed by atoms with E-state index in [-0.39, 0.29) is 17.2 Å². The van der Waals surface area contributed by atoms with Gasteiger partial charge in [0.25, 0.3) is 10.0 Å². The minimum Gasteiger partial charge on any atom is -0.366 e. The number of sulfonamides is 1. The number of hydrogen-bond acceptors (Lipinski definition) is 4. The SMILES string of the molecule is Cc1ccc(NS(=O)(=O)c2ccc(CCC(=O)Nc3ccc(C(N)=O)cc3)cc2)cc1. The fourth-order valence-corrected chi connectivity index (χ4v) is 3.93. The molecular formula is C23H23N3O4S. The summed E-state index contributed by atoms with van der Waals surface area (Å²) in [6.07, 6.45) is 0.683. The van der Waals surface area contributed by atoms with E-state index in [1.54, 1.807) is 48.5 Å². The van der Waals surface area contributed by atoms with Crippen LogP contribution in [-0.4, -0.2) is 20.2 Å². The summed E-state index contributed by atoms with van der Waals surface area (Å²) in [5.74, 6) is -0.720. The zero-order chi connectivity index (χ0) is 22.4. The Hall–Kier alpha value is -3.65. The van der Waals surface area contributed by atoms with Gasteiger partial charge >= 0.3 is 0 Å². The summed E-state index contributed by atoms with van der Waals surface area (Å²) in [6.45, 7) is 1.93. The van der Waals surface area contributed by atoms with E-state index in [0.717, 1.165) is 11.1 Å². The maximum atomic E-state index is 12.5. The van der Waals surface area contributed by atoms with Gasteiger partial charge in [0.2, 0.25) is 11.8 Å². The number of nitrogens with one attached hydrogen (secondary N) is 2. The predicted molar refractivity (Wildman–Crippen MR) is 120 cm³/mol. The van der Waals surface area contributed by atoms with Crippen LogP contribution in [0.4, 0.5) is 11.4 Å². The van der Waals surface area contributed by atoms with E-state index in [4.69, 9.17) is 5.73 Å². The normalized spacial score (nSPS) is 11.0. The molecule has 0 saturated heterocycles. The molecule has 0 aliphatic rings. The van der Waals surface area contributed by atoms with Crippen molar-refractivity contribution in [3.05, 3.63) is 89.5 Å². The molecule has 0 aliphatic heterocycles. The molecule has 0 aromatic heterocycles. The molecule has 4 N–H and O–H groups in total. The largest absolute Gasteiger partial charge is 0.366 e. The Balaban J connectivity index is 1.55. The third-order valence-electron chi connectivity index (χ3n) is 4.63. The van der Waals surface area contributed by atoms with Crippen molar-refractivity contribution in [2.75, 3.05) is 10.0 Å². The minimum absolute atomic E-state index is 0.149. The van der Waals surface area contributed by atoms with E-state index in [2.05, 4.69) is 10.0 Å². The van der Waals surface area contributed by atoms with Crippen LogP contribution < -0.4 is 15.8 Å². The van der Waals surface area contributed by atoms with Gasteiger partial charge in [-0.05, 0) is 67.4 Å². The second-order valence-corrected chi connectivity index (χ2v) is 8.79. The van der Waals surface area contributed by atoms with Gasteiger partial charge < -0.3 is 11.1 Å². The lowest BCUT2D eigenvalue weighted by atomic mass is 10.1. The summed E-state index contributed by atoms with van der Waals surface area (Å²) >= 11 is 0. The number of carbonyl (C=O) groups is 2. The Bertz CT molecular complexity index is 1170. The number of aryl methyl sites for hydroxylation is 2. The van der Waals surface area contributed by atoms with Crippen LogP contribution in [0.15, 0.2) is 77.7 Å². The number of benzene rings is 3. The fraction of sp³-hybridized carbons (Fsp3) is 0.130. The van der Waals surface area contributed by atoms with E-state index in [1.165, 1.54) is 12.1 Å². The number of carbonyl (C=O) groups excluding carboxylic acids is 2. The molecular weight excluding hydrogens is 414 g/mol. The third-order valence-corrected chi connectivity index (χ3v) is 6.03. The Labute approximate surface area is 181 Å². The number of primary amides is 1. The van der Waals surface area contributed by atoms with Gasteiger partial charge in [0.05, 0.1) is 4.90 Å². The van der Waals surface area contributed by atoms with Crippen LogP contribution in [-0.2, 0) is 21.2 Å². The van der Waals surface area contributed by atoms with Crippen molar-refractivity contribution in [2.24, 2.45) is 5.73 Å². The van der Waals surface area contributed by atoms with Gasteiger partial charge in [0, 0.05) is 23.4 Å². The fourth-order valence-electron chi connectivity index (χ4n) is 2.87. The molecule has 3 aromatic rings. The van der Waals surface area contributed by atoms with Crippen LogP contribution in [0.3, 0.4) is 0 Å². The van der Waals surface area contributed by atoms with E-state index in [9.17, 15) is 18.0 Å². The quantitative estimate of drug-likeness (QED) is 0.500. The second-order valence-electron chi connectivity index (χ2n) is 7.11. The monoisotopic (exact) mass is 437 g/mol. The maximum Gasteiger partial charge on any atom is 0.261 e. The van der Waals surface area contributed by atoms with Crippen LogP contribution in [0, 0.1) is 6.92 Å². The smallest absolute Gasteiger partial charge is 0.261 e. The van der Waals surface area contributed by atoms with Crippen LogP contribution in [0.5, 0.6) is 0 Å². The van der Waals surface area contributed by atoms with E-state index in [1.807, 2.05) is 19.1 Å². The first-order chi connectivity index (χ1) is 14.7. The predicted octanol–water partition coefficient (Wildman–Crippen LogP) is 3.47. The first kappa shape index (κ1) is 22.0. The third kappa shape index (κ3) is 6.16. The highest BCUT2D eigenvalue weighted by atomic mass is 32.2. The Kier molecular flexibility index (Phi) is 6.71. The lowest BCUT2D eigenvalue weighted by molar-refractivity contribution is -0.116. The van der Waals surface area contributed by atoms with E-state index < -0.39 is 15.9 Å². The van der Waals surface area contributed by atoms with Gasteiger partial charge in [-0.2, -0.15) is 0 Å². The molecule has 0 radical (unpaired) electrons. The lowest BCUT2D eigenvalue weighted by Crippen LogP contribution is -2.14. The van der Waals surface area contributed by atoms with Gasteiger partial charge in [-0.1, -0.05) is 29.8 Å². The average molecular weight is 438 g/mol. The number of hydrogen-bond donors (Lipinski definition) is 3. The summed E-state index contributed by atoms with van der Waals surface area (Å²) in [5, 5.41) is 2.75. The van der Waals surface area contributed by atoms with Gasteiger partial charge in [0.1, 0.15) is 0 Å². The highest BCUT2D eigenvalue weighted by Gasteiger charge is 2.14. The molecule has 3 rings (SSSR count). The van der Waals surface area contributed by atoms with E-state index >= 15 is 0 Å².